The molecule has 1 fully saturated rings. The number of hydrogen-bond acceptors (Lipinski definition) is 5. The van der Waals surface area contributed by atoms with E-state index >= 15 is 0 Å². The molecule has 0 unspecified atom stereocenters. The molecule has 0 radical (unpaired) electrons. The number of alkyl carbamates (subject to hydrolysis) is 1. The maximum absolute atomic E-state index is 12.7. The maximum Gasteiger partial charge on any atom is 0.407 e. The van der Waals surface area contributed by atoms with Crippen LogP contribution >= 0.6 is 0 Å². The van der Waals surface area contributed by atoms with E-state index in [1.54, 1.807) is 20.8 Å². The van der Waals surface area contributed by atoms with Gasteiger partial charge in [0, 0.05) is 31.7 Å². The number of amides is 2. The van der Waals surface area contributed by atoms with E-state index in [9.17, 15) is 18.0 Å². The summed E-state index contributed by atoms with van der Waals surface area (Å²) in [4.78, 5) is 23.9. The monoisotopic (exact) mass is 425 g/mol. The third-order valence-electron chi connectivity index (χ3n) is 4.58. The summed E-state index contributed by atoms with van der Waals surface area (Å²) in [6.07, 6.45) is 1.17. The van der Waals surface area contributed by atoms with Crippen LogP contribution in [0.4, 0.5) is 4.79 Å². The maximum atomic E-state index is 12.7. The van der Waals surface area contributed by atoms with Crippen molar-refractivity contribution in [3.63, 3.8) is 0 Å². The van der Waals surface area contributed by atoms with E-state index in [2.05, 4.69) is 17.6 Å². The quantitative estimate of drug-likeness (QED) is 0.681. The van der Waals surface area contributed by atoms with Crippen LogP contribution in [0.15, 0.2) is 29.2 Å². The molecule has 1 aromatic rings. The van der Waals surface area contributed by atoms with E-state index in [0.29, 0.717) is 24.6 Å². The molecular weight excluding hydrogens is 394 g/mol. The number of rotatable bonds is 6. The minimum Gasteiger partial charge on any atom is -0.444 e. The lowest BCUT2D eigenvalue weighted by Gasteiger charge is -2.29. The highest BCUT2D eigenvalue weighted by molar-refractivity contribution is 7.89. The van der Waals surface area contributed by atoms with Gasteiger partial charge in [0.25, 0.3) is 5.91 Å². The smallest absolute Gasteiger partial charge is 0.407 e. The van der Waals surface area contributed by atoms with Crippen LogP contribution in [0.25, 0.3) is 0 Å². The van der Waals surface area contributed by atoms with Gasteiger partial charge in [-0.05, 0) is 63.8 Å². The Morgan fingerprint density at radius 1 is 1.07 bits per heavy atom. The number of hydrogen-bond donors (Lipinski definition) is 2. The van der Waals surface area contributed by atoms with Gasteiger partial charge in [0.2, 0.25) is 10.0 Å². The molecule has 0 spiro atoms. The summed E-state index contributed by atoms with van der Waals surface area (Å²) in [5.74, 6) is 0.198. The van der Waals surface area contributed by atoms with Crippen LogP contribution < -0.4 is 10.6 Å². The summed E-state index contributed by atoms with van der Waals surface area (Å²) in [6, 6.07) is 5.91. The van der Waals surface area contributed by atoms with Crippen LogP contribution in [0.2, 0.25) is 0 Å². The van der Waals surface area contributed by atoms with Crippen LogP contribution in [-0.4, -0.2) is 56.5 Å². The number of sulfonamides is 1. The zero-order valence-electron chi connectivity index (χ0n) is 17.5. The van der Waals surface area contributed by atoms with Crippen molar-refractivity contribution in [1.82, 2.24) is 14.9 Å². The second kappa shape index (κ2) is 9.58. The summed E-state index contributed by atoms with van der Waals surface area (Å²) in [5, 5.41) is 5.23. The van der Waals surface area contributed by atoms with E-state index in [-0.39, 0.29) is 23.9 Å². The first-order valence-corrected chi connectivity index (χ1v) is 11.3. The highest BCUT2D eigenvalue weighted by Gasteiger charge is 2.28. The Morgan fingerprint density at radius 3 is 2.17 bits per heavy atom. The number of carbonyl (C=O) groups excluding carboxylic acids is 2. The highest BCUT2D eigenvalue weighted by atomic mass is 32.2. The van der Waals surface area contributed by atoms with Gasteiger partial charge >= 0.3 is 6.09 Å². The van der Waals surface area contributed by atoms with Gasteiger partial charge in [-0.2, -0.15) is 4.31 Å². The number of carbonyl (C=O) groups is 2. The molecular formula is C20H31N3O5S. The first-order valence-electron chi connectivity index (χ1n) is 9.84. The van der Waals surface area contributed by atoms with Crippen LogP contribution in [0.1, 0.15) is 50.9 Å². The fourth-order valence-corrected chi connectivity index (χ4v) is 4.38. The molecule has 9 heteroatoms. The Bertz CT molecular complexity index is 808. The normalized spacial score (nSPS) is 16.3. The first kappa shape index (κ1) is 23.2. The van der Waals surface area contributed by atoms with Crippen molar-refractivity contribution >= 4 is 22.0 Å². The minimum atomic E-state index is -3.53. The summed E-state index contributed by atoms with van der Waals surface area (Å²) in [5.41, 5.74) is -0.226. The van der Waals surface area contributed by atoms with Crippen molar-refractivity contribution < 1.29 is 22.7 Å². The van der Waals surface area contributed by atoms with Crippen LogP contribution in [0, 0.1) is 5.92 Å². The van der Waals surface area contributed by atoms with E-state index in [4.69, 9.17) is 4.74 Å². The van der Waals surface area contributed by atoms with Gasteiger partial charge in [-0.1, -0.05) is 6.92 Å². The Hall–Kier alpha value is -2.13. The van der Waals surface area contributed by atoms with E-state index in [1.165, 1.54) is 28.6 Å². The lowest BCUT2D eigenvalue weighted by atomic mass is 10.0. The molecule has 0 bridgehead atoms. The average molecular weight is 426 g/mol. The predicted molar refractivity (Wildman–Crippen MR) is 110 cm³/mol. The second-order valence-electron chi connectivity index (χ2n) is 8.30. The number of piperidine rings is 1. The lowest BCUT2D eigenvalue weighted by molar-refractivity contribution is 0.0526. The second-order valence-corrected chi connectivity index (χ2v) is 10.2. The molecule has 1 heterocycles. The van der Waals surface area contributed by atoms with Crippen molar-refractivity contribution in [2.75, 3.05) is 26.2 Å². The van der Waals surface area contributed by atoms with Gasteiger partial charge in [-0.3, -0.25) is 4.79 Å². The summed E-state index contributed by atoms with van der Waals surface area (Å²) in [6.45, 7) is 8.93. The summed E-state index contributed by atoms with van der Waals surface area (Å²) < 4.78 is 32.1. The molecule has 2 rings (SSSR count). The fraction of sp³-hybridized carbons (Fsp3) is 0.600. The van der Waals surface area contributed by atoms with Gasteiger partial charge in [-0.25, -0.2) is 13.2 Å². The summed E-state index contributed by atoms with van der Waals surface area (Å²) >= 11 is 0. The van der Waals surface area contributed by atoms with E-state index in [0.717, 1.165) is 12.8 Å². The van der Waals surface area contributed by atoms with E-state index < -0.39 is 21.7 Å². The Balaban J connectivity index is 1.85. The molecule has 0 atom stereocenters. The number of ether oxygens (including phenoxy) is 1. The molecule has 2 N–H and O–H groups in total. The van der Waals surface area contributed by atoms with E-state index in [1.807, 2.05) is 0 Å². The van der Waals surface area contributed by atoms with Crippen LogP contribution in [0.5, 0.6) is 0 Å². The molecule has 162 valence electrons. The zero-order chi connectivity index (χ0) is 21.7. The third kappa shape index (κ3) is 7.01. The Labute approximate surface area is 173 Å². The lowest BCUT2D eigenvalue weighted by Crippen LogP contribution is -2.38. The molecule has 8 nitrogen and oxygen atoms in total. The topological polar surface area (TPSA) is 105 Å². The molecule has 29 heavy (non-hydrogen) atoms. The Morgan fingerprint density at radius 2 is 1.62 bits per heavy atom. The van der Waals surface area contributed by atoms with Crippen molar-refractivity contribution in [1.29, 1.82) is 0 Å². The molecule has 1 aliphatic heterocycles. The number of nitrogens with zero attached hydrogens (tertiary/aromatic N) is 1. The first-order chi connectivity index (χ1) is 13.5. The molecule has 1 aliphatic rings. The highest BCUT2D eigenvalue weighted by Crippen LogP contribution is 2.23. The van der Waals surface area contributed by atoms with Crippen molar-refractivity contribution in [2.24, 2.45) is 5.92 Å². The van der Waals surface area contributed by atoms with Gasteiger partial charge in [-0.15, -0.1) is 0 Å². The van der Waals surface area contributed by atoms with Crippen LogP contribution in [0.3, 0.4) is 0 Å². The van der Waals surface area contributed by atoms with Crippen molar-refractivity contribution in [3.05, 3.63) is 29.8 Å². The largest absolute Gasteiger partial charge is 0.444 e. The van der Waals surface area contributed by atoms with Gasteiger partial charge in [0.1, 0.15) is 5.60 Å². The fourth-order valence-electron chi connectivity index (χ4n) is 2.91. The van der Waals surface area contributed by atoms with Crippen molar-refractivity contribution in [3.8, 4) is 0 Å². The standard InChI is InChI=1S/C20H31N3O5S/c1-15-9-13-23(14-10-15)29(26,27)17-7-5-16(6-8-17)18(24)21-11-12-22-19(25)28-20(2,3)4/h5-8,15H,9-14H2,1-4H3,(H,21,24)(H,22,25). The average Bonchev–Trinajstić information content (AvgIpc) is 2.64. The molecule has 2 amide bonds. The third-order valence-corrected chi connectivity index (χ3v) is 6.49. The molecule has 1 aromatic carbocycles. The number of nitrogens with one attached hydrogen (secondary N) is 2. The predicted octanol–water partition coefficient (Wildman–Crippen LogP) is 2.36. The van der Waals surface area contributed by atoms with Gasteiger partial charge < -0.3 is 15.4 Å². The van der Waals surface area contributed by atoms with Crippen molar-refractivity contribution in [2.45, 2.75) is 51.0 Å². The number of benzene rings is 1. The van der Waals surface area contributed by atoms with Gasteiger partial charge in [0.05, 0.1) is 4.90 Å². The molecule has 1 saturated heterocycles. The molecule has 0 aromatic heterocycles. The van der Waals surface area contributed by atoms with Gasteiger partial charge in [0.15, 0.2) is 0 Å². The van der Waals surface area contributed by atoms with Crippen LogP contribution in [-0.2, 0) is 14.8 Å². The Kier molecular flexibility index (Phi) is 7.65. The minimum absolute atomic E-state index is 0.190. The SMILES string of the molecule is CC1CCN(S(=O)(=O)c2ccc(C(=O)NCCNC(=O)OC(C)(C)C)cc2)CC1. The summed E-state index contributed by atoms with van der Waals surface area (Å²) in [7, 11) is -3.53. The molecule has 0 aliphatic carbocycles. The zero-order valence-corrected chi connectivity index (χ0v) is 18.3. The molecule has 0 saturated carbocycles.